The maximum absolute atomic E-state index is 8.47. The first kappa shape index (κ1) is 12.9. The van der Waals surface area contributed by atoms with E-state index in [0.29, 0.717) is 39.2 Å². The fourth-order valence-corrected chi connectivity index (χ4v) is 0.754. The third-order valence-corrected chi connectivity index (χ3v) is 1.36. The van der Waals surface area contributed by atoms with Crippen LogP contribution in [0.2, 0.25) is 6.32 Å². The second kappa shape index (κ2) is 9.95. The minimum absolute atomic E-state index is 0.0245. The Morgan fingerprint density at radius 3 is 2.08 bits per heavy atom. The zero-order valence-corrected chi connectivity index (χ0v) is 7.69. The van der Waals surface area contributed by atoms with Crippen molar-refractivity contribution in [3.05, 3.63) is 0 Å². The van der Waals surface area contributed by atoms with E-state index in [-0.39, 0.29) is 6.61 Å². The van der Waals surface area contributed by atoms with Gasteiger partial charge >= 0.3 is 7.12 Å². The highest BCUT2D eigenvalue weighted by molar-refractivity contribution is 6.40. The highest BCUT2D eigenvalue weighted by Crippen LogP contribution is 1.92. The fourth-order valence-electron chi connectivity index (χ4n) is 0.754. The summed E-state index contributed by atoms with van der Waals surface area (Å²) < 4.78 is 10.0. The Balaban J connectivity index is 2.84. The maximum atomic E-state index is 8.47. The van der Waals surface area contributed by atoms with Gasteiger partial charge in [0.05, 0.1) is 26.4 Å². The molecular weight excluding hydrogens is 175 g/mol. The molecule has 0 saturated heterocycles. The molecule has 0 aliphatic rings. The van der Waals surface area contributed by atoms with Crippen LogP contribution < -0.4 is 0 Å². The van der Waals surface area contributed by atoms with Gasteiger partial charge in [-0.15, -0.1) is 0 Å². The molecule has 0 aromatic rings. The predicted octanol–water partition coefficient (Wildman–Crippen LogP) is -1.13. The monoisotopic (exact) mass is 192 g/mol. The number of aliphatic hydroxyl groups excluding tert-OH is 1. The summed E-state index contributed by atoms with van der Waals surface area (Å²) in [4.78, 5) is 0. The number of aliphatic hydroxyl groups is 1. The smallest absolute Gasteiger partial charge is 0.427 e. The Morgan fingerprint density at radius 2 is 1.54 bits per heavy atom. The SMILES string of the molecule is OCCOCCOCCCB(O)O. The molecule has 0 heterocycles. The molecule has 0 amide bonds. The number of ether oxygens (including phenoxy) is 2. The lowest BCUT2D eigenvalue weighted by molar-refractivity contribution is 0.0331. The van der Waals surface area contributed by atoms with Crippen LogP contribution in [0.25, 0.3) is 0 Å². The molecule has 0 radical (unpaired) electrons. The Kier molecular flexibility index (Phi) is 9.85. The first-order chi connectivity index (χ1) is 6.27. The average Bonchev–Trinajstić information content (AvgIpc) is 2.09. The second-order valence-electron chi connectivity index (χ2n) is 2.57. The van der Waals surface area contributed by atoms with E-state index in [9.17, 15) is 0 Å². The molecule has 0 aromatic carbocycles. The van der Waals surface area contributed by atoms with Gasteiger partial charge in [-0.2, -0.15) is 0 Å². The van der Waals surface area contributed by atoms with E-state index in [2.05, 4.69) is 0 Å². The van der Waals surface area contributed by atoms with Gasteiger partial charge in [0.2, 0.25) is 0 Å². The Labute approximate surface area is 78.4 Å². The third-order valence-electron chi connectivity index (χ3n) is 1.36. The van der Waals surface area contributed by atoms with Gasteiger partial charge in [-0.05, 0) is 12.7 Å². The van der Waals surface area contributed by atoms with E-state index in [1.807, 2.05) is 0 Å². The first-order valence-corrected chi connectivity index (χ1v) is 4.40. The maximum Gasteiger partial charge on any atom is 0.451 e. The summed E-state index contributed by atoms with van der Waals surface area (Å²) in [5, 5.41) is 25.3. The van der Waals surface area contributed by atoms with Crippen LogP contribution >= 0.6 is 0 Å². The first-order valence-electron chi connectivity index (χ1n) is 4.40. The summed E-state index contributed by atoms with van der Waals surface area (Å²) in [7, 11) is -1.24. The van der Waals surface area contributed by atoms with Gasteiger partial charge in [-0.1, -0.05) is 0 Å². The zero-order valence-electron chi connectivity index (χ0n) is 7.69. The molecular formula is C7H17BO5. The minimum Gasteiger partial charge on any atom is -0.427 e. The minimum atomic E-state index is -1.24. The van der Waals surface area contributed by atoms with Crippen LogP contribution in [0.3, 0.4) is 0 Å². The molecule has 0 bridgehead atoms. The lowest BCUT2D eigenvalue weighted by atomic mass is 9.85. The average molecular weight is 192 g/mol. The highest BCUT2D eigenvalue weighted by Gasteiger charge is 2.04. The predicted molar refractivity (Wildman–Crippen MR) is 48.3 cm³/mol. The molecule has 0 unspecified atom stereocenters. The molecule has 0 aliphatic heterocycles. The van der Waals surface area contributed by atoms with Crippen molar-refractivity contribution in [2.75, 3.05) is 33.0 Å². The molecule has 3 N–H and O–H groups in total. The Hall–Kier alpha value is -0.135. The topological polar surface area (TPSA) is 79.2 Å². The van der Waals surface area contributed by atoms with Crippen molar-refractivity contribution in [1.82, 2.24) is 0 Å². The molecule has 0 atom stereocenters. The van der Waals surface area contributed by atoms with Crippen molar-refractivity contribution in [2.24, 2.45) is 0 Å². The van der Waals surface area contributed by atoms with E-state index in [1.165, 1.54) is 0 Å². The highest BCUT2D eigenvalue weighted by atomic mass is 16.5. The molecule has 0 rings (SSSR count). The van der Waals surface area contributed by atoms with E-state index >= 15 is 0 Å². The molecule has 0 spiro atoms. The van der Waals surface area contributed by atoms with Gasteiger partial charge < -0.3 is 24.6 Å². The van der Waals surface area contributed by atoms with Crippen molar-refractivity contribution in [2.45, 2.75) is 12.7 Å². The van der Waals surface area contributed by atoms with E-state index in [0.717, 1.165) is 0 Å². The number of hydrogen-bond acceptors (Lipinski definition) is 5. The molecule has 13 heavy (non-hydrogen) atoms. The van der Waals surface area contributed by atoms with Crippen LogP contribution in [0.5, 0.6) is 0 Å². The van der Waals surface area contributed by atoms with Gasteiger partial charge in [0.1, 0.15) is 0 Å². The summed E-state index contributed by atoms with van der Waals surface area (Å²) in [5.74, 6) is 0. The third kappa shape index (κ3) is 11.9. The molecule has 78 valence electrons. The van der Waals surface area contributed by atoms with Crippen LogP contribution in [-0.4, -0.2) is 55.3 Å². The van der Waals surface area contributed by atoms with Crippen LogP contribution in [0, 0.1) is 0 Å². The summed E-state index contributed by atoms with van der Waals surface area (Å²) >= 11 is 0. The van der Waals surface area contributed by atoms with Crippen molar-refractivity contribution in [1.29, 1.82) is 0 Å². The lowest BCUT2D eigenvalue weighted by Gasteiger charge is -2.04. The molecule has 0 saturated carbocycles. The van der Waals surface area contributed by atoms with Crippen molar-refractivity contribution in [3.63, 3.8) is 0 Å². The van der Waals surface area contributed by atoms with Crippen LogP contribution in [0.1, 0.15) is 6.42 Å². The Bertz CT molecular complexity index is 101. The summed E-state index contributed by atoms with van der Waals surface area (Å²) in [6, 6.07) is 0. The quantitative estimate of drug-likeness (QED) is 0.318. The summed E-state index contributed by atoms with van der Waals surface area (Å²) in [6.45, 7) is 1.79. The van der Waals surface area contributed by atoms with Crippen LogP contribution in [0.4, 0.5) is 0 Å². The van der Waals surface area contributed by atoms with Gasteiger partial charge in [-0.3, -0.25) is 0 Å². The molecule has 6 heteroatoms. The van der Waals surface area contributed by atoms with Gasteiger partial charge in [-0.25, -0.2) is 0 Å². The van der Waals surface area contributed by atoms with Gasteiger partial charge in [0, 0.05) is 6.61 Å². The van der Waals surface area contributed by atoms with Crippen LogP contribution in [0.15, 0.2) is 0 Å². The van der Waals surface area contributed by atoms with E-state index in [4.69, 9.17) is 24.6 Å². The van der Waals surface area contributed by atoms with Crippen molar-refractivity contribution in [3.8, 4) is 0 Å². The summed E-state index contributed by atoms with van der Waals surface area (Å²) in [6.07, 6.45) is 0.954. The number of hydrogen-bond donors (Lipinski definition) is 3. The number of rotatable bonds is 9. The van der Waals surface area contributed by atoms with Gasteiger partial charge in [0.15, 0.2) is 0 Å². The van der Waals surface area contributed by atoms with Gasteiger partial charge in [0.25, 0.3) is 0 Å². The molecule has 0 aliphatic carbocycles. The molecule has 0 fully saturated rings. The van der Waals surface area contributed by atoms with E-state index < -0.39 is 7.12 Å². The largest absolute Gasteiger partial charge is 0.451 e. The van der Waals surface area contributed by atoms with E-state index in [1.54, 1.807) is 0 Å². The van der Waals surface area contributed by atoms with Crippen LogP contribution in [-0.2, 0) is 9.47 Å². The van der Waals surface area contributed by atoms with Crippen molar-refractivity contribution >= 4 is 7.12 Å². The Morgan fingerprint density at radius 1 is 0.923 bits per heavy atom. The molecule has 5 nitrogen and oxygen atoms in total. The zero-order chi connectivity index (χ0) is 9.94. The normalized spacial score (nSPS) is 10.4. The summed E-state index contributed by atoms with van der Waals surface area (Å²) in [5.41, 5.74) is 0. The second-order valence-corrected chi connectivity index (χ2v) is 2.57. The van der Waals surface area contributed by atoms with Crippen molar-refractivity contribution < 1.29 is 24.6 Å². The lowest BCUT2D eigenvalue weighted by Crippen LogP contribution is -2.12. The standard InChI is InChI=1S/C7H17BO5/c9-3-5-13-7-6-12-4-1-2-8(10)11/h9-11H,1-7H2. The molecule has 0 aromatic heterocycles. The fraction of sp³-hybridized carbons (Fsp3) is 1.00.